The fourth-order valence-electron chi connectivity index (χ4n) is 2.02. The molecule has 0 aliphatic rings. The number of aromatic carboxylic acids is 1. The molecule has 2 amide bonds. The molecule has 2 aromatic rings. The predicted octanol–water partition coefficient (Wildman–Crippen LogP) is 1.66. The van der Waals surface area contributed by atoms with Crippen LogP contribution in [0, 0.1) is 0 Å². The van der Waals surface area contributed by atoms with E-state index in [1.54, 1.807) is 42.5 Å². The molecule has 0 fully saturated rings. The lowest BCUT2D eigenvalue weighted by molar-refractivity contribution is -0.120. The first-order valence-corrected chi connectivity index (χ1v) is 7.55. The summed E-state index contributed by atoms with van der Waals surface area (Å²) in [6.07, 6.45) is 1.32. The van der Waals surface area contributed by atoms with Crippen molar-refractivity contribution in [2.45, 2.75) is 6.42 Å². The van der Waals surface area contributed by atoms with Crippen LogP contribution in [0.15, 0.2) is 59.7 Å². The Morgan fingerprint density at radius 3 is 2.40 bits per heavy atom. The van der Waals surface area contributed by atoms with Crippen LogP contribution in [-0.4, -0.2) is 35.6 Å². The lowest BCUT2D eigenvalue weighted by Gasteiger charge is -2.04. The van der Waals surface area contributed by atoms with Crippen LogP contribution < -0.4 is 10.7 Å². The minimum Gasteiger partial charge on any atom is -0.478 e. The van der Waals surface area contributed by atoms with Crippen LogP contribution in [-0.2, 0) is 4.79 Å². The number of carbonyl (C=O) groups is 3. The van der Waals surface area contributed by atoms with E-state index in [-0.39, 0.29) is 24.4 Å². The molecule has 128 valence electrons. The minimum absolute atomic E-state index is 0.0521. The highest BCUT2D eigenvalue weighted by molar-refractivity contribution is 5.98. The topological polar surface area (TPSA) is 108 Å². The van der Waals surface area contributed by atoms with Crippen LogP contribution in [0.4, 0.5) is 0 Å². The standard InChI is InChI=1S/C18H17N3O4/c22-16(10-11-19-17(23)13-6-2-1-3-7-13)21-20-12-14-8-4-5-9-15(14)18(24)25/h1-9,12H,10-11H2,(H,19,23)(H,21,22)(H,24,25)/b20-12+. The summed E-state index contributed by atoms with van der Waals surface area (Å²) in [6, 6.07) is 15.0. The molecule has 7 nitrogen and oxygen atoms in total. The molecule has 0 aliphatic carbocycles. The SMILES string of the molecule is O=C(CCNC(=O)c1ccccc1)N/N=C/c1ccccc1C(=O)O. The summed E-state index contributed by atoms with van der Waals surface area (Å²) < 4.78 is 0. The molecular weight excluding hydrogens is 322 g/mol. The van der Waals surface area contributed by atoms with Gasteiger partial charge < -0.3 is 10.4 Å². The lowest BCUT2D eigenvalue weighted by atomic mass is 10.1. The second-order valence-electron chi connectivity index (χ2n) is 5.06. The summed E-state index contributed by atoms with van der Waals surface area (Å²) in [5.74, 6) is -1.72. The number of nitrogens with one attached hydrogen (secondary N) is 2. The molecule has 2 aromatic carbocycles. The Morgan fingerprint density at radius 1 is 1.00 bits per heavy atom. The minimum atomic E-state index is -1.07. The Balaban J connectivity index is 1.78. The third kappa shape index (κ3) is 5.58. The second-order valence-corrected chi connectivity index (χ2v) is 5.06. The van der Waals surface area contributed by atoms with Gasteiger partial charge in [-0.15, -0.1) is 0 Å². The third-order valence-corrected chi connectivity index (χ3v) is 3.26. The van der Waals surface area contributed by atoms with Gasteiger partial charge in [0.25, 0.3) is 5.91 Å². The average molecular weight is 339 g/mol. The van der Waals surface area contributed by atoms with Gasteiger partial charge in [0, 0.05) is 24.1 Å². The average Bonchev–Trinajstić information content (AvgIpc) is 2.62. The summed E-state index contributed by atoms with van der Waals surface area (Å²) in [6.45, 7) is 0.167. The van der Waals surface area contributed by atoms with Crippen molar-refractivity contribution in [2.75, 3.05) is 6.54 Å². The van der Waals surface area contributed by atoms with E-state index in [0.29, 0.717) is 11.1 Å². The summed E-state index contributed by atoms with van der Waals surface area (Å²) in [5.41, 5.74) is 3.29. The number of benzene rings is 2. The number of carboxylic acid groups (broad SMARTS) is 1. The van der Waals surface area contributed by atoms with Crippen molar-refractivity contribution >= 4 is 24.0 Å². The normalized spacial score (nSPS) is 10.4. The summed E-state index contributed by atoms with van der Waals surface area (Å²) in [5, 5.41) is 15.4. The molecule has 0 saturated carbocycles. The molecule has 2 rings (SSSR count). The number of amides is 2. The molecule has 0 spiro atoms. The van der Waals surface area contributed by atoms with Gasteiger partial charge in [0.2, 0.25) is 5.91 Å². The molecule has 0 heterocycles. The fraction of sp³-hybridized carbons (Fsp3) is 0.111. The number of hydrogen-bond acceptors (Lipinski definition) is 4. The van der Waals surface area contributed by atoms with Gasteiger partial charge in [0.1, 0.15) is 0 Å². The van der Waals surface area contributed by atoms with Crippen LogP contribution in [0.3, 0.4) is 0 Å². The van der Waals surface area contributed by atoms with Gasteiger partial charge in [-0.05, 0) is 18.2 Å². The number of carbonyl (C=O) groups excluding carboxylic acids is 2. The maximum atomic E-state index is 11.8. The maximum absolute atomic E-state index is 11.8. The van der Waals surface area contributed by atoms with Crippen molar-refractivity contribution in [1.29, 1.82) is 0 Å². The Morgan fingerprint density at radius 2 is 1.68 bits per heavy atom. The number of carboxylic acids is 1. The monoisotopic (exact) mass is 339 g/mol. The molecule has 0 unspecified atom stereocenters. The van der Waals surface area contributed by atoms with Crippen LogP contribution in [0.1, 0.15) is 32.7 Å². The highest BCUT2D eigenvalue weighted by atomic mass is 16.4. The van der Waals surface area contributed by atoms with E-state index in [4.69, 9.17) is 5.11 Å². The van der Waals surface area contributed by atoms with Crippen molar-refractivity contribution in [3.8, 4) is 0 Å². The van der Waals surface area contributed by atoms with Crippen molar-refractivity contribution < 1.29 is 19.5 Å². The van der Waals surface area contributed by atoms with Crippen LogP contribution >= 0.6 is 0 Å². The predicted molar refractivity (Wildman–Crippen MR) is 92.5 cm³/mol. The molecule has 25 heavy (non-hydrogen) atoms. The first-order chi connectivity index (χ1) is 12.1. The Hall–Kier alpha value is -3.48. The number of rotatable bonds is 7. The molecule has 0 saturated heterocycles. The van der Waals surface area contributed by atoms with E-state index in [9.17, 15) is 14.4 Å². The largest absolute Gasteiger partial charge is 0.478 e. The summed E-state index contributed by atoms with van der Waals surface area (Å²) >= 11 is 0. The molecule has 0 aliphatic heterocycles. The molecule has 7 heteroatoms. The number of hydrogen-bond donors (Lipinski definition) is 3. The quantitative estimate of drug-likeness (QED) is 0.526. The second kappa shape index (κ2) is 8.97. The lowest BCUT2D eigenvalue weighted by Crippen LogP contribution is -2.29. The van der Waals surface area contributed by atoms with Crippen LogP contribution in [0.25, 0.3) is 0 Å². The molecular formula is C18H17N3O4. The van der Waals surface area contributed by atoms with Crippen LogP contribution in [0.5, 0.6) is 0 Å². The highest BCUT2D eigenvalue weighted by Gasteiger charge is 2.07. The smallest absolute Gasteiger partial charge is 0.336 e. The first-order valence-electron chi connectivity index (χ1n) is 7.55. The van der Waals surface area contributed by atoms with Gasteiger partial charge in [-0.3, -0.25) is 9.59 Å². The van der Waals surface area contributed by atoms with E-state index < -0.39 is 11.9 Å². The van der Waals surface area contributed by atoms with E-state index >= 15 is 0 Å². The van der Waals surface area contributed by atoms with Gasteiger partial charge in [-0.1, -0.05) is 36.4 Å². The zero-order chi connectivity index (χ0) is 18.1. The molecule has 0 atom stereocenters. The van der Waals surface area contributed by atoms with Crippen molar-refractivity contribution in [3.05, 3.63) is 71.3 Å². The molecule has 0 aromatic heterocycles. The Labute approximate surface area is 144 Å². The Bertz CT molecular complexity index is 788. The van der Waals surface area contributed by atoms with E-state index in [1.807, 2.05) is 6.07 Å². The summed E-state index contributed by atoms with van der Waals surface area (Å²) in [7, 11) is 0. The number of nitrogens with zero attached hydrogens (tertiary/aromatic N) is 1. The van der Waals surface area contributed by atoms with E-state index in [1.165, 1.54) is 12.3 Å². The van der Waals surface area contributed by atoms with Gasteiger partial charge in [-0.2, -0.15) is 5.10 Å². The summed E-state index contributed by atoms with van der Waals surface area (Å²) in [4.78, 5) is 34.5. The highest BCUT2D eigenvalue weighted by Crippen LogP contribution is 2.05. The Kier molecular flexibility index (Phi) is 6.41. The number of hydrazone groups is 1. The fourth-order valence-corrected chi connectivity index (χ4v) is 2.02. The zero-order valence-electron chi connectivity index (χ0n) is 13.3. The third-order valence-electron chi connectivity index (χ3n) is 3.26. The van der Waals surface area contributed by atoms with Crippen LogP contribution in [0.2, 0.25) is 0 Å². The first kappa shape index (κ1) is 17.9. The van der Waals surface area contributed by atoms with E-state index in [0.717, 1.165) is 0 Å². The zero-order valence-corrected chi connectivity index (χ0v) is 13.3. The van der Waals surface area contributed by atoms with Gasteiger partial charge in [0.15, 0.2) is 0 Å². The molecule has 0 radical (unpaired) electrons. The van der Waals surface area contributed by atoms with Crippen molar-refractivity contribution in [2.24, 2.45) is 5.10 Å². The van der Waals surface area contributed by atoms with Gasteiger partial charge in [-0.25, -0.2) is 10.2 Å². The van der Waals surface area contributed by atoms with Crippen molar-refractivity contribution in [1.82, 2.24) is 10.7 Å². The molecule has 0 bridgehead atoms. The van der Waals surface area contributed by atoms with Crippen molar-refractivity contribution in [3.63, 3.8) is 0 Å². The van der Waals surface area contributed by atoms with E-state index in [2.05, 4.69) is 15.8 Å². The van der Waals surface area contributed by atoms with Gasteiger partial charge in [0.05, 0.1) is 11.8 Å². The molecule has 3 N–H and O–H groups in total. The maximum Gasteiger partial charge on any atom is 0.336 e. The van der Waals surface area contributed by atoms with Gasteiger partial charge >= 0.3 is 5.97 Å².